The minimum Gasteiger partial charge on any atom is -0.361 e. The Morgan fingerprint density at radius 3 is 3.00 bits per heavy atom. The van der Waals surface area contributed by atoms with E-state index in [1.807, 2.05) is 0 Å². The highest BCUT2D eigenvalue weighted by atomic mass is 16.1. The summed E-state index contributed by atoms with van der Waals surface area (Å²) in [4.78, 5) is 24.7. The van der Waals surface area contributed by atoms with E-state index in [0.29, 0.717) is 19.3 Å². The molecule has 1 atom stereocenters. The molecule has 1 aliphatic rings. The molecule has 0 aliphatic heterocycles. The Bertz CT molecular complexity index is 267. The predicted octanol–water partition coefficient (Wildman–Crippen LogP) is 1.01. The molecule has 0 amide bonds. The highest BCUT2D eigenvalue weighted by Crippen LogP contribution is 2.25. The van der Waals surface area contributed by atoms with Crippen LogP contribution >= 0.6 is 0 Å². The van der Waals surface area contributed by atoms with E-state index < -0.39 is 0 Å². The van der Waals surface area contributed by atoms with Gasteiger partial charge in [0.2, 0.25) is 5.78 Å². The molecule has 1 unspecified atom stereocenters. The lowest BCUT2D eigenvalue weighted by Crippen LogP contribution is -2.09. The first-order valence-electron chi connectivity index (χ1n) is 4.47. The van der Waals surface area contributed by atoms with Crippen LogP contribution in [0.5, 0.6) is 0 Å². The molecule has 0 saturated heterocycles. The minimum atomic E-state index is -0.220. The summed E-state index contributed by atoms with van der Waals surface area (Å²) in [5.74, 6) is 0.118. The third-order valence-corrected chi connectivity index (χ3v) is 2.37. The maximum Gasteiger partial charge on any atom is 0.323 e. The van der Waals surface area contributed by atoms with Crippen LogP contribution in [0.1, 0.15) is 32.1 Å². The van der Waals surface area contributed by atoms with Crippen LogP contribution in [0.15, 0.2) is 0 Å². The van der Waals surface area contributed by atoms with Gasteiger partial charge in [-0.25, -0.2) is 0 Å². The number of hydrogen-bond donors (Lipinski definition) is 0. The summed E-state index contributed by atoms with van der Waals surface area (Å²) < 4.78 is 0. The van der Waals surface area contributed by atoms with Gasteiger partial charge in [-0.3, -0.25) is 9.59 Å². The molecule has 0 N–H and O–H groups in total. The number of carbonyl (C=O) groups excluding carboxylic acids is 2. The van der Waals surface area contributed by atoms with Crippen LogP contribution in [0, 0.1) is 5.92 Å². The van der Waals surface area contributed by atoms with Crippen molar-refractivity contribution in [1.82, 2.24) is 0 Å². The van der Waals surface area contributed by atoms with Gasteiger partial charge in [-0.05, 0) is 19.3 Å². The molecule has 13 heavy (non-hydrogen) atoms. The van der Waals surface area contributed by atoms with Crippen molar-refractivity contribution in [2.75, 3.05) is 0 Å². The topological polar surface area (TPSA) is 70.5 Å². The average Bonchev–Trinajstić information content (AvgIpc) is 2.48. The normalized spacial score (nSPS) is 21.2. The van der Waals surface area contributed by atoms with Crippen molar-refractivity contribution in [3.05, 3.63) is 5.53 Å². The van der Waals surface area contributed by atoms with E-state index in [2.05, 4.69) is 4.79 Å². The van der Waals surface area contributed by atoms with Crippen LogP contribution in [0.25, 0.3) is 5.53 Å². The number of rotatable bonds is 4. The maximum absolute atomic E-state index is 11.2. The van der Waals surface area contributed by atoms with Crippen molar-refractivity contribution in [2.24, 2.45) is 5.92 Å². The van der Waals surface area contributed by atoms with Crippen LogP contribution in [-0.2, 0) is 9.59 Å². The lowest BCUT2D eigenvalue weighted by molar-refractivity contribution is -0.121. The molecule has 1 aliphatic carbocycles. The van der Waals surface area contributed by atoms with Crippen molar-refractivity contribution in [3.8, 4) is 0 Å². The quantitative estimate of drug-likeness (QED) is 0.368. The molecule has 4 nitrogen and oxygen atoms in total. The Morgan fingerprint density at radius 1 is 1.69 bits per heavy atom. The van der Waals surface area contributed by atoms with Gasteiger partial charge in [0, 0.05) is 18.8 Å². The van der Waals surface area contributed by atoms with Crippen LogP contribution < -0.4 is 0 Å². The minimum absolute atomic E-state index is 0.0658. The standard InChI is InChI=1S/C9H12N2O2/c10-11-6-8(12)5-4-7-2-1-3-9(7)13/h6-7H,1-5H2. The van der Waals surface area contributed by atoms with Crippen LogP contribution in [0.4, 0.5) is 0 Å². The summed E-state index contributed by atoms with van der Waals surface area (Å²) >= 11 is 0. The molecular weight excluding hydrogens is 168 g/mol. The van der Waals surface area contributed by atoms with Crippen LogP contribution in [-0.4, -0.2) is 22.6 Å². The van der Waals surface area contributed by atoms with Gasteiger partial charge in [0.15, 0.2) is 0 Å². The van der Waals surface area contributed by atoms with E-state index >= 15 is 0 Å². The molecular formula is C9H12N2O2. The molecule has 0 radical (unpaired) electrons. The molecule has 0 bridgehead atoms. The first kappa shape index (κ1) is 9.81. The highest BCUT2D eigenvalue weighted by Gasteiger charge is 2.24. The zero-order chi connectivity index (χ0) is 9.68. The first-order valence-corrected chi connectivity index (χ1v) is 4.47. The fourth-order valence-corrected chi connectivity index (χ4v) is 1.64. The van der Waals surface area contributed by atoms with Crippen LogP contribution in [0.3, 0.4) is 0 Å². The molecule has 0 aromatic carbocycles. The fourth-order valence-electron chi connectivity index (χ4n) is 1.64. The number of ketones is 2. The molecule has 1 fully saturated rings. The Morgan fingerprint density at radius 2 is 2.46 bits per heavy atom. The second-order valence-corrected chi connectivity index (χ2v) is 3.31. The van der Waals surface area contributed by atoms with Crippen molar-refractivity contribution >= 4 is 17.8 Å². The van der Waals surface area contributed by atoms with E-state index in [-0.39, 0.29) is 17.5 Å². The second kappa shape index (κ2) is 4.67. The van der Waals surface area contributed by atoms with E-state index in [4.69, 9.17) is 5.53 Å². The fraction of sp³-hybridized carbons (Fsp3) is 0.667. The molecule has 0 spiro atoms. The Kier molecular flexibility index (Phi) is 3.53. The predicted molar refractivity (Wildman–Crippen MR) is 46.3 cm³/mol. The summed E-state index contributed by atoms with van der Waals surface area (Å²) in [6.45, 7) is 0. The molecule has 0 heterocycles. The van der Waals surface area contributed by atoms with Gasteiger partial charge in [0.25, 0.3) is 0 Å². The molecule has 4 heteroatoms. The zero-order valence-electron chi connectivity index (χ0n) is 7.40. The molecule has 70 valence electrons. The largest absolute Gasteiger partial charge is 0.361 e. The van der Waals surface area contributed by atoms with Crippen LogP contribution in [0.2, 0.25) is 0 Å². The summed E-state index contributed by atoms with van der Waals surface area (Å²) in [6, 6.07) is 0. The molecule has 1 rings (SSSR count). The lowest BCUT2D eigenvalue weighted by atomic mass is 9.99. The van der Waals surface area contributed by atoms with Crippen molar-refractivity contribution in [2.45, 2.75) is 32.1 Å². The molecule has 1 saturated carbocycles. The average molecular weight is 180 g/mol. The van der Waals surface area contributed by atoms with Gasteiger partial charge in [-0.15, -0.1) is 0 Å². The van der Waals surface area contributed by atoms with Gasteiger partial charge < -0.3 is 5.53 Å². The van der Waals surface area contributed by atoms with E-state index in [0.717, 1.165) is 19.1 Å². The number of carbonyl (C=O) groups is 2. The molecule has 0 aromatic rings. The Hall–Kier alpha value is -1.28. The van der Waals surface area contributed by atoms with Crippen molar-refractivity contribution in [3.63, 3.8) is 0 Å². The van der Waals surface area contributed by atoms with Crippen molar-refractivity contribution < 1.29 is 14.4 Å². The first-order chi connectivity index (χ1) is 6.24. The Labute approximate surface area is 76.6 Å². The van der Waals surface area contributed by atoms with Gasteiger partial charge in [0.05, 0.1) is 0 Å². The SMILES string of the molecule is [N-]=[N+]=CC(=O)CCC1CCCC1=O. The monoisotopic (exact) mass is 180 g/mol. The summed E-state index contributed by atoms with van der Waals surface area (Å²) in [5.41, 5.74) is 8.06. The molecule has 0 aromatic heterocycles. The number of nitrogens with zero attached hydrogens (tertiary/aromatic N) is 2. The third-order valence-electron chi connectivity index (χ3n) is 2.37. The highest BCUT2D eigenvalue weighted by molar-refractivity contribution is 6.25. The lowest BCUT2D eigenvalue weighted by Gasteiger charge is -2.03. The van der Waals surface area contributed by atoms with E-state index in [9.17, 15) is 9.59 Å². The summed E-state index contributed by atoms with van der Waals surface area (Å²) in [7, 11) is 0. The van der Waals surface area contributed by atoms with Gasteiger partial charge in [0.1, 0.15) is 5.78 Å². The number of Topliss-reactive ketones (excluding diaryl/α,β-unsaturated/α-hetero) is 2. The smallest absolute Gasteiger partial charge is 0.323 e. The van der Waals surface area contributed by atoms with Crippen molar-refractivity contribution in [1.29, 1.82) is 0 Å². The maximum atomic E-state index is 11.2. The zero-order valence-corrected chi connectivity index (χ0v) is 7.40. The second-order valence-electron chi connectivity index (χ2n) is 3.31. The summed E-state index contributed by atoms with van der Waals surface area (Å²) in [5, 5.41) is 0. The van der Waals surface area contributed by atoms with Gasteiger partial charge in [-0.2, -0.15) is 4.79 Å². The number of hydrogen-bond acceptors (Lipinski definition) is 2. The third kappa shape index (κ3) is 2.92. The van der Waals surface area contributed by atoms with Gasteiger partial charge >= 0.3 is 6.21 Å². The summed E-state index contributed by atoms with van der Waals surface area (Å²) in [6.07, 6.45) is 4.31. The van der Waals surface area contributed by atoms with E-state index in [1.165, 1.54) is 0 Å². The Balaban J connectivity index is 2.29. The van der Waals surface area contributed by atoms with E-state index in [1.54, 1.807) is 0 Å². The van der Waals surface area contributed by atoms with Gasteiger partial charge in [-0.1, -0.05) is 0 Å².